The number of aliphatic hydroxyl groups excluding tert-OH is 2. The maximum atomic E-state index is 10.5. The van der Waals surface area contributed by atoms with Gasteiger partial charge in [-0.3, -0.25) is 4.79 Å². The number of aliphatic hydroxyl groups is 2. The van der Waals surface area contributed by atoms with Crippen molar-refractivity contribution < 1.29 is 20.1 Å². The molecule has 1 aromatic rings. The number of hydrogen-bond acceptors (Lipinski definition) is 4. The van der Waals surface area contributed by atoms with E-state index in [4.69, 9.17) is 10.8 Å². The second kappa shape index (κ2) is 5.60. The molecule has 0 amide bonds. The van der Waals surface area contributed by atoms with Crippen molar-refractivity contribution in [2.24, 2.45) is 5.73 Å². The second-order valence-corrected chi connectivity index (χ2v) is 3.56. The van der Waals surface area contributed by atoms with Gasteiger partial charge in [0.2, 0.25) is 0 Å². The molecule has 88 valence electrons. The van der Waals surface area contributed by atoms with Crippen LogP contribution in [0.25, 0.3) is 0 Å². The monoisotopic (exact) mass is 225 g/mol. The third-order valence-corrected chi connectivity index (χ3v) is 2.25. The molecule has 2 atom stereocenters. The van der Waals surface area contributed by atoms with Crippen molar-refractivity contribution in [3.05, 3.63) is 35.4 Å². The Kier molecular flexibility index (Phi) is 4.42. The van der Waals surface area contributed by atoms with E-state index in [1.807, 2.05) is 0 Å². The normalized spacial score (nSPS) is 14.4. The predicted molar refractivity (Wildman–Crippen MR) is 57.8 cm³/mol. The second-order valence-electron chi connectivity index (χ2n) is 3.56. The molecule has 0 aliphatic rings. The summed E-state index contributed by atoms with van der Waals surface area (Å²) in [5.74, 6) is -0.939. The van der Waals surface area contributed by atoms with E-state index in [0.717, 1.165) is 0 Å². The smallest absolute Gasteiger partial charge is 0.307 e. The lowest BCUT2D eigenvalue weighted by molar-refractivity contribution is -0.136. The van der Waals surface area contributed by atoms with Gasteiger partial charge in [-0.15, -0.1) is 0 Å². The Hall–Kier alpha value is -1.43. The zero-order valence-electron chi connectivity index (χ0n) is 8.71. The van der Waals surface area contributed by atoms with Crippen LogP contribution in [-0.4, -0.2) is 33.9 Å². The molecule has 5 heteroatoms. The van der Waals surface area contributed by atoms with E-state index in [0.29, 0.717) is 11.1 Å². The lowest BCUT2D eigenvalue weighted by Crippen LogP contribution is -2.27. The van der Waals surface area contributed by atoms with E-state index < -0.39 is 18.2 Å². The SMILES string of the molecule is NCC(O)C(O)c1cccc(CC(=O)O)c1. The van der Waals surface area contributed by atoms with E-state index in [1.165, 1.54) is 0 Å². The first kappa shape index (κ1) is 12.6. The molecule has 0 aliphatic heterocycles. The fraction of sp³-hybridized carbons (Fsp3) is 0.364. The quantitative estimate of drug-likeness (QED) is 0.549. The van der Waals surface area contributed by atoms with E-state index in [-0.39, 0.29) is 13.0 Å². The van der Waals surface area contributed by atoms with Gasteiger partial charge in [0.1, 0.15) is 6.10 Å². The Morgan fingerprint density at radius 3 is 2.62 bits per heavy atom. The Labute approximate surface area is 93.1 Å². The lowest BCUT2D eigenvalue weighted by Gasteiger charge is -2.16. The van der Waals surface area contributed by atoms with Crippen LogP contribution in [0.15, 0.2) is 24.3 Å². The summed E-state index contributed by atoms with van der Waals surface area (Å²) in [5, 5.41) is 27.7. The Bertz CT molecular complexity index is 367. The van der Waals surface area contributed by atoms with Crippen LogP contribution in [0.3, 0.4) is 0 Å². The number of aliphatic carboxylic acids is 1. The third kappa shape index (κ3) is 3.30. The number of nitrogens with two attached hydrogens (primary N) is 1. The average molecular weight is 225 g/mol. The first-order valence-electron chi connectivity index (χ1n) is 4.91. The highest BCUT2D eigenvalue weighted by molar-refractivity contribution is 5.70. The standard InChI is InChI=1S/C11H15NO4/c12-6-9(13)11(16)8-3-1-2-7(4-8)5-10(14)15/h1-4,9,11,13,16H,5-6,12H2,(H,14,15). The van der Waals surface area contributed by atoms with Gasteiger partial charge in [0, 0.05) is 6.54 Å². The molecule has 5 N–H and O–H groups in total. The number of hydrogen-bond donors (Lipinski definition) is 4. The maximum Gasteiger partial charge on any atom is 0.307 e. The van der Waals surface area contributed by atoms with E-state index >= 15 is 0 Å². The molecule has 0 aromatic heterocycles. The number of carboxylic acids is 1. The first-order valence-corrected chi connectivity index (χ1v) is 4.91. The highest BCUT2D eigenvalue weighted by Crippen LogP contribution is 2.18. The van der Waals surface area contributed by atoms with Crippen LogP contribution < -0.4 is 5.73 Å². The summed E-state index contributed by atoms with van der Waals surface area (Å²) < 4.78 is 0. The summed E-state index contributed by atoms with van der Waals surface area (Å²) in [7, 11) is 0. The largest absolute Gasteiger partial charge is 0.481 e. The highest BCUT2D eigenvalue weighted by atomic mass is 16.4. The molecule has 2 unspecified atom stereocenters. The van der Waals surface area contributed by atoms with Gasteiger partial charge in [-0.05, 0) is 11.1 Å². The molecule has 0 saturated carbocycles. The van der Waals surface area contributed by atoms with Crippen molar-refractivity contribution in [2.75, 3.05) is 6.54 Å². The maximum absolute atomic E-state index is 10.5. The topological polar surface area (TPSA) is 104 Å². The molecule has 16 heavy (non-hydrogen) atoms. The van der Waals surface area contributed by atoms with Gasteiger partial charge in [-0.25, -0.2) is 0 Å². The van der Waals surface area contributed by atoms with Crippen LogP contribution in [0.1, 0.15) is 17.2 Å². The summed E-state index contributed by atoms with van der Waals surface area (Å²) in [4.78, 5) is 10.5. The molecule has 0 aliphatic carbocycles. The van der Waals surface area contributed by atoms with Crippen molar-refractivity contribution in [1.29, 1.82) is 0 Å². The number of carbonyl (C=O) groups is 1. The minimum Gasteiger partial charge on any atom is -0.481 e. The molecule has 0 spiro atoms. The van der Waals surface area contributed by atoms with Crippen LogP contribution >= 0.6 is 0 Å². The van der Waals surface area contributed by atoms with Crippen molar-refractivity contribution in [2.45, 2.75) is 18.6 Å². The molecule has 0 heterocycles. The van der Waals surface area contributed by atoms with Gasteiger partial charge < -0.3 is 21.1 Å². The van der Waals surface area contributed by atoms with Gasteiger partial charge >= 0.3 is 5.97 Å². The van der Waals surface area contributed by atoms with E-state index in [2.05, 4.69) is 0 Å². The van der Waals surface area contributed by atoms with Crippen molar-refractivity contribution in [3.63, 3.8) is 0 Å². The fourth-order valence-electron chi connectivity index (χ4n) is 1.41. The minimum atomic E-state index is -1.08. The molecule has 0 fully saturated rings. The molecule has 1 aromatic carbocycles. The summed E-state index contributed by atoms with van der Waals surface area (Å²) in [6.07, 6.45) is -2.24. The summed E-state index contributed by atoms with van der Waals surface area (Å²) >= 11 is 0. The zero-order chi connectivity index (χ0) is 12.1. The zero-order valence-corrected chi connectivity index (χ0v) is 8.71. The van der Waals surface area contributed by atoms with E-state index in [9.17, 15) is 15.0 Å². The fourth-order valence-corrected chi connectivity index (χ4v) is 1.41. The highest BCUT2D eigenvalue weighted by Gasteiger charge is 2.17. The number of rotatable bonds is 5. The van der Waals surface area contributed by atoms with Crippen LogP contribution in [0.4, 0.5) is 0 Å². The predicted octanol–water partition coefficient (Wildman–Crippen LogP) is -0.333. The van der Waals surface area contributed by atoms with Crippen LogP contribution in [-0.2, 0) is 11.2 Å². The Morgan fingerprint density at radius 1 is 1.38 bits per heavy atom. The number of benzene rings is 1. The molecular formula is C11H15NO4. The van der Waals surface area contributed by atoms with Gasteiger partial charge in [-0.1, -0.05) is 24.3 Å². The average Bonchev–Trinajstić information content (AvgIpc) is 2.26. The number of carboxylic acid groups (broad SMARTS) is 1. The molecule has 0 saturated heterocycles. The summed E-state index contributed by atoms with van der Waals surface area (Å²) in [5.41, 5.74) is 6.27. The first-order chi connectivity index (χ1) is 7.54. The van der Waals surface area contributed by atoms with Gasteiger partial charge in [0.15, 0.2) is 0 Å². The van der Waals surface area contributed by atoms with E-state index in [1.54, 1.807) is 24.3 Å². The Morgan fingerprint density at radius 2 is 2.06 bits per heavy atom. The lowest BCUT2D eigenvalue weighted by atomic mass is 10.0. The Balaban J connectivity index is 2.85. The van der Waals surface area contributed by atoms with Gasteiger partial charge in [0.05, 0.1) is 12.5 Å². The van der Waals surface area contributed by atoms with Crippen molar-refractivity contribution in [3.8, 4) is 0 Å². The molecule has 0 radical (unpaired) electrons. The minimum absolute atomic E-state index is 0.0513. The molecule has 1 rings (SSSR count). The summed E-state index contributed by atoms with van der Waals surface area (Å²) in [6.45, 7) is -0.0513. The van der Waals surface area contributed by atoms with Crippen molar-refractivity contribution >= 4 is 5.97 Å². The third-order valence-electron chi connectivity index (χ3n) is 2.25. The molecule has 0 bridgehead atoms. The van der Waals surface area contributed by atoms with Gasteiger partial charge in [-0.2, -0.15) is 0 Å². The van der Waals surface area contributed by atoms with Crippen LogP contribution in [0, 0.1) is 0 Å². The van der Waals surface area contributed by atoms with Crippen LogP contribution in [0.5, 0.6) is 0 Å². The van der Waals surface area contributed by atoms with Crippen LogP contribution in [0.2, 0.25) is 0 Å². The summed E-state index contributed by atoms with van der Waals surface area (Å²) in [6, 6.07) is 6.46. The molecular weight excluding hydrogens is 210 g/mol. The molecule has 5 nitrogen and oxygen atoms in total. The van der Waals surface area contributed by atoms with Crippen molar-refractivity contribution in [1.82, 2.24) is 0 Å². The van der Waals surface area contributed by atoms with Gasteiger partial charge in [0.25, 0.3) is 0 Å².